The maximum atomic E-state index is 12.9. The van der Waals surface area contributed by atoms with Gasteiger partial charge in [-0.15, -0.1) is 10.2 Å². The molecule has 1 aromatic carbocycles. The Morgan fingerprint density at radius 3 is 2.39 bits per heavy atom. The summed E-state index contributed by atoms with van der Waals surface area (Å²) in [6, 6.07) is 6.28. The first-order valence-corrected chi connectivity index (χ1v) is 9.15. The molecule has 3 rings (SSSR count). The van der Waals surface area contributed by atoms with E-state index >= 15 is 0 Å². The van der Waals surface area contributed by atoms with E-state index in [1.807, 2.05) is 0 Å². The van der Waals surface area contributed by atoms with Crippen LogP contribution in [0.5, 0.6) is 0 Å². The van der Waals surface area contributed by atoms with Crippen molar-refractivity contribution in [3.8, 4) is 0 Å². The number of hydrogen-bond acceptors (Lipinski definition) is 6. The van der Waals surface area contributed by atoms with Gasteiger partial charge >= 0.3 is 0 Å². The molecule has 1 aliphatic carbocycles. The molecule has 0 aliphatic heterocycles. The highest BCUT2D eigenvalue weighted by Crippen LogP contribution is 2.40. The molecular formula is C13H14BrN5O3S. The lowest BCUT2D eigenvalue weighted by atomic mass is 10.1. The minimum absolute atomic E-state index is 0.0186. The second kappa shape index (κ2) is 5.60. The molecule has 1 heterocycles. The Bertz CT molecular complexity index is 858. The fourth-order valence-corrected chi connectivity index (χ4v) is 4.37. The van der Waals surface area contributed by atoms with Gasteiger partial charge in [0.25, 0.3) is 5.16 Å². The molecule has 0 spiro atoms. The Morgan fingerprint density at radius 1 is 1.26 bits per heavy atom. The Hall–Kier alpha value is -1.94. The number of nitrogens with two attached hydrogens (primary N) is 2. The first-order chi connectivity index (χ1) is 10.8. The van der Waals surface area contributed by atoms with E-state index in [9.17, 15) is 13.2 Å². The van der Waals surface area contributed by atoms with E-state index in [1.165, 1.54) is 16.7 Å². The summed E-state index contributed by atoms with van der Waals surface area (Å²) in [5.41, 5.74) is 11.3. The van der Waals surface area contributed by atoms with Gasteiger partial charge in [-0.25, -0.2) is 8.42 Å². The first kappa shape index (κ1) is 15.9. The smallest absolute Gasteiger partial charge is 0.252 e. The molecular weight excluding hydrogens is 386 g/mol. The summed E-state index contributed by atoms with van der Waals surface area (Å²) in [6.45, 7) is 0. The average molecular weight is 400 g/mol. The number of carbonyl (C=O) groups is 1. The van der Waals surface area contributed by atoms with Gasteiger partial charge in [0.15, 0.2) is 5.25 Å². The van der Waals surface area contributed by atoms with Crippen LogP contribution < -0.4 is 11.5 Å². The standard InChI is InChI=1S/C13H14BrN5O3S/c14-8-3-1-7(2-4-8)10(11(15)20)23(21,22)13-18-17-12(16)19(13)9-5-6-9/h1-4,9-10H,5-6H2,(H2,15,20)(H2,16,17). The quantitative estimate of drug-likeness (QED) is 0.768. The molecule has 0 bridgehead atoms. The lowest BCUT2D eigenvalue weighted by Crippen LogP contribution is -2.30. The Labute approximate surface area is 140 Å². The fourth-order valence-electron chi connectivity index (χ4n) is 2.40. The highest BCUT2D eigenvalue weighted by atomic mass is 79.9. The molecule has 2 aromatic rings. The van der Waals surface area contributed by atoms with Gasteiger partial charge in [0, 0.05) is 10.5 Å². The highest BCUT2D eigenvalue weighted by Gasteiger charge is 2.41. The van der Waals surface area contributed by atoms with E-state index in [0.717, 1.165) is 17.3 Å². The molecule has 8 nitrogen and oxygen atoms in total. The molecule has 1 atom stereocenters. The first-order valence-electron chi connectivity index (χ1n) is 6.81. The monoisotopic (exact) mass is 399 g/mol. The maximum absolute atomic E-state index is 12.9. The number of anilines is 1. The molecule has 1 amide bonds. The summed E-state index contributed by atoms with van der Waals surface area (Å²) in [4.78, 5) is 11.9. The van der Waals surface area contributed by atoms with Crippen LogP contribution in [0.15, 0.2) is 33.9 Å². The number of nitrogens with zero attached hydrogens (tertiary/aromatic N) is 3. The number of primary amides is 1. The summed E-state index contributed by atoms with van der Waals surface area (Å²) < 4.78 is 28.0. The van der Waals surface area contributed by atoms with Crippen LogP contribution >= 0.6 is 15.9 Å². The predicted octanol–water partition coefficient (Wildman–Crippen LogP) is 0.958. The number of nitrogen functional groups attached to an aromatic ring is 1. The van der Waals surface area contributed by atoms with Crippen molar-refractivity contribution in [1.82, 2.24) is 14.8 Å². The van der Waals surface area contributed by atoms with Crippen molar-refractivity contribution in [2.75, 3.05) is 5.73 Å². The van der Waals surface area contributed by atoms with Crippen LogP contribution in [0.3, 0.4) is 0 Å². The molecule has 0 radical (unpaired) electrons. The third kappa shape index (κ3) is 2.83. The fraction of sp³-hybridized carbons (Fsp3) is 0.308. The summed E-state index contributed by atoms with van der Waals surface area (Å²) in [7, 11) is -4.16. The van der Waals surface area contributed by atoms with Crippen molar-refractivity contribution >= 4 is 37.6 Å². The molecule has 1 saturated carbocycles. The Balaban J connectivity index is 2.12. The number of hydrogen-bond donors (Lipinski definition) is 2. The topological polar surface area (TPSA) is 134 Å². The van der Waals surface area contributed by atoms with E-state index in [-0.39, 0.29) is 22.7 Å². The minimum atomic E-state index is -4.16. The number of aromatic nitrogens is 3. The van der Waals surface area contributed by atoms with Gasteiger partial charge in [-0.1, -0.05) is 28.1 Å². The third-order valence-corrected chi connectivity index (χ3v) is 6.04. The number of rotatable bonds is 5. The summed E-state index contributed by atoms with van der Waals surface area (Å²) in [5, 5.41) is 5.46. The van der Waals surface area contributed by atoms with Crippen LogP contribution in [0, 0.1) is 0 Å². The Morgan fingerprint density at radius 2 is 1.87 bits per heavy atom. The van der Waals surface area contributed by atoms with E-state index < -0.39 is 21.0 Å². The van der Waals surface area contributed by atoms with E-state index in [4.69, 9.17) is 11.5 Å². The van der Waals surface area contributed by atoms with Crippen molar-refractivity contribution in [1.29, 1.82) is 0 Å². The van der Waals surface area contributed by atoms with Gasteiger partial charge in [-0.2, -0.15) is 0 Å². The van der Waals surface area contributed by atoms with E-state index in [2.05, 4.69) is 26.1 Å². The van der Waals surface area contributed by atoms with Crippen molar-refractivity contribution in [2.45, 2.75) is 29.3 Å². The zero-order valence-corrected chi connectivity index (χ0v) is 14.3. The molecule has 4 N–H and O–H groups in total. The molecule has 1 aromatic heterocycles. The van der Waals surface area contributed by atoms with Crippen LogP contribution in [-0.4, -0.2) is 29.1 Å². The van der Waals surface area contributed by atoms with Crippen molar-refractivity contribution in [2.24, 2.45) is 5.73 Å². The van der Waals surface area contributed by atoms with Gasteiger partial charge in [-0.05, 0) is 30.5 Å². The second-order valence-corrected chi connectivity index (χ2v) is 8.16. The van der Waals surface area contributed by atoms with Crippen molar-refractivity contribution in [3.05, 3.63) is 34.3 Å². The van der Waals surface area contributed by atoms with Crippen LogP contribution in [0.4, 0.5) is 5.95 Å². The highest BCUT2D eigenvalue weighted by molar-refractivity contribution is 9.10. The lowest BCUT2D eigenvalue weighted by molar-refractivity contribution is -0.117. The summed E-state index contributed by atoms with van der Waals surface area (Å²) in [5.74, 6) is -0.957. The number of carbonyl (C=O) groups excluding carboxylic acids is 1. The SMILES string of the molecule is NC(=O)C(c1ccc(Br)cc1)S(=O)(=O)c1nnc(N)n1C1CC1. The number of halogens is 1. The van der Waals surface area contributed by atoms with E-state index in [1.54, 1.807) is 12.1 Å². The van der Waals surface area contributed by atoms with Gasteiger partial charge in [0.2, 0.25) is 21.7 Å². The minimum Gasteiger partial charge on any atom is -0.368 e. The predicted molar refractivity (Wildman–Crippen MR) is 86.0 cm³/mol. The van der Waals surface area contributed by atoms with Crippen LogP contribution in [0.1, 0.15) is 29.7 Å². The van der Waals surface area contributed by atoms with Crippen molar-refractivity contribution in [3.63, 3.8) is 0 Å². The van der Waals surface area contributed by atoms with Crippen molar-refractivity contribution < 1.29 is 13.2 Å². The van der Waals surface area contributed by atoms with Crippen LogP contribution in [0.2, 0.25) is 0 Å². The summed E-state index contributed by atoms with van der Waals surface area (Å²) in [6.07, 6.45) is 1.59. The van der Waals surface area contributed by atoms with Gasteiger partial charge < -0.3 is 11.5 Å². The maximum Gasteiger partial charge on any atom is 0.252 e. The van der Waals surface area contributed by atoms with E-state index in [0.29, 0.717) is 0 Å². The molecule has 1 unspecified atom stereocenters. The zero-order valence-electron chi connectivity index (χ0n) is 11.9. The molecule has 0 saturated heterocycles. The second-order valence-electron chi connectivity index (χ2n) is 5.32. The average Bonchev–Trinajstić information content (AvgIpc) is 3.23. The molecule has 23 heavy (non-hydrogen) atoms. The summed E-state index contributed by atoms with van der Waals surface area (Å²) >= 11 is 3.26. The molecule has 122 valence electrons. The Kier molecular flexibility index (Phi) is 3.88. The van der Waals surface area contributed by atoms with Gasteiger partial charge in [-0.3, -0.25) is 9.36 Å². The lowest BCUT2D eigenvalue weighted by Gasteiger charge is -2.15. The van der Waals surface area contributed by atoms with Gasteiger partial charge in [0.1, 0.15) is 0 Å². The van der Waals surface area contributed by atoms with Crippen LogP contribution in [-0.2, 0) is 14.6 Å². The van der Waals surface area contributed by atoms with Crippen LogP contribution in [0.25, 0.3) is 0 Å². The molecule has 1 aliphatic rings. The number of amides is 1. The third-order valence-electron chi connectivity index (χ3n) is 3.60. The molecule has 1 fully saturated rings. The normalized spacial score (nSPS) is 16.2. The number of sulfone groups is 1. The number of benzene rings is 1. The zero-order chi connectivity index (χ0) is 16.8. The van der Waals surface area contributed by atoms with Gasteiger partial charge in [0.05, 0.1) is 0 Å². The largest absolute Gasteiger partial charge is 0.368 e. The molecule has 10 heteroatoms.